The molecule has 1 fully saturated rings. The van der Waals surface area contributed by atoms with Gasteiger partial charge in [0.15, 0.2) is 0 Å². The molecular weight excluding hydrogens is 292 g/mol. The highest BCUT2D eigenvalue weighted by Crippen LogP contribution is 2.11. The number of rotatable bonds is 7. The van der Waals surface area contributed by atoms with E-state index in [1.54, 1.807) is 0 Å². The lowest BCUT2D eigenvalue weighted by atomic mass is 10.1. The average Bonchev–Trinajstić information content (AvgIpc) is 2.47. The summed E-state index contributed by atoms with van der Waals surface area (Å²) in [6, 6.07) is -0.978. The molecule has 1 aliphatic heterocycles. The van der Waals surface area contributed by atoms with Crippen molar-refractivity contribution in [1.82, 2.24) is 10.2 Å². The second-order valence-corrected chi connectivity index (χ2v) is 4.79. The van der Waals surface area contributed by atoms with E-state index in [1.165, 1.54) is 4.90 Å². The van der Waals surface area contributed by atoms with Gasteiger partial charge in [-0.2, -0.15) is 0 Å². The summed E-state index contributed by atoms with van der Waals surface area (Å²) in [5.41, 5.74) is 0. The number of hydrogen-bond donors (Lipinski definition) is 2. The van der Waals surface area contributed by atoms with Crippen LogP contribution < -0.4 is 5.32 Å². The van der Waals surface area contributed by atoms with Crippen LogP contribution >= 0.6 is 0 Å². The maximum atomic E-state index is 11.9. The number of carboxylic acid groups (broad SMARTS) is 1. The summed E-state index contributed by atoms with van der Waals surface area (Å²) in [4.78, 5) is 47.1. The average molecular weight is 312 g/mol. The predicted molar refractivity (Wildman–Crippen MR) is 75.8 cm³/mol. The van der Waals surface area contributed by atoms with Crippen LogP contribution in [0, 0.1) is 0 Å². The summed E-state index contributed by atoms with van der Waals surface area (Å²) in [6.45, 7) is 2.70. The van der Waals surface area contributed by atoms with Gasteiger partial charge in [0.25, 0.3) is 0 Å². The van der Waals surface area contributed by atoms with Gasteiger partial charge in [-0.15, -0.1) is 0 Å². The van der Waals surface area contributed by atoms with Crippen LogP contribution in [0.1, 0.15) is 26.2 Å². The lowest BCUT2D eigenvalue weighted by Gasteiger charge is -2.33. The Labute approximate surface area is 128 Å². The van der Waals surface area contributed by atoms with Crippen LogP contribution in [0.4, 0.5) is 0 Å². The van der Waals surface area contributed by atoms with Crippen molar-refractivity contribution < 1.29 is 29.0 Å². The van der Waals surface area contributed by atoms with Gasteiger partial charge >= 0.3 is 11.9 Å². The van der Waals surface area contributed by atoms with E-state index >= 15 is 0 Å². The molecule has 0 radical (unpaired) electrons. The molecule has 1 aliphatic rings. The van der Waals surface area contributed by atoms with Crippen molar-refractivity contribution in [1.29, 1.82) is 0 Å². The first-order valence-electron chi connectivity index (χ1n) is 7.10. The summed E-state index contributed by atoms with van der Waals surface area (Å²) in [5, 5.41) is 11.1. The molecule has 0 aromatic rings. The number of carbonyl (C=O) groups is 4. The molecule has 8 nitrogen and oxygen atoms in total. The third-order valence-corrected chi connectivity index (χ3v) is 3.10. The van der Waals surface area contributed by atoms with Gasteiger partial charge < -0.3 is 20.1 Å². The molecule has 0 aromatic heterocycles. The standard InChI is InChI=1S/C14H20N2O6/c1-2-3-8-22-13(20)9-10-14(21)15-6-7-16(10)11(17)4-5-12(18)19/h4-5,10H,2-3,6-9H2,1H3,(H,15,21)(H,18,19)/b5-4+. The number of carbonyl (C=O) groups excluding carboxylic acids is 3. The highest BCUT2D eigenvalue weighted by atomic mass is 16.5. The molecule has 2 amide bonds. The number of hydrogen-bond acceptors (Lipinski definition) is 5. The molecule has 1 heterocycles. The fourth-order valence-electron chi connectivity index (χ4n) is 1.97. The van der Waals surface area contributed by atoms with Gasteiger partial charge in [0.2, 0.25) is 11.8 Å². The van der Waals surface area contributed by atoms with Crippen LogP contribution in [0.3, 0.4) is 0 Å². The second-order valence-electron chi connectivity index (χ2n) is 4.79. The number of aliphatic carboxylic acids is 1. The molecule has 122 valence electrons. The van der Waals surface area contributed by atoms with E-state index in [0.717, 1.165) is 18.9 Å². The van der Waals surface area contributed by atoms with Crippen LogP contribution in [-0.4, -0.2) is 59.5 Å². The molecule has 0 saturated carbocycles. The Morgan fingerprint density at radius 1 is 1.41 bits per heavy atom. The van der Waals surface area contributed by atoms with Crippen LogP contribution in [0.15, 0.2) is 12.2 Å². The quantitative estimate of drug-likeness (QED) is 0.379. The number of amides is 2. The summed E-state index contributed by atoms with van der Waals surface area (Å²) in [6.07, 6.45) is 2.93. The molecule has 1 saturated heterocycles. The van der Waals surface area contributed by atoms with Gasteiger partial charge in [-0.05, 0) is 6.42 Å². The van der Waals surface area contributed by atoms with E-state index in [1.807, 2.05) is 6.92 Å². The molecule has 8 heteroatoms. The fraction of sp³-hybridized carbons (Fsp3) is 0.571. The van der Waals surface area contributed by atoms with Crippen molar-refractivity contribution in [3.8, 4) is 0 Å². The molecule has 0 aromatic carbocycles. The van der Waals surface area contributed by atoms with Crippen LogP contribution in [0.25, 0.3) is 0 Å². The monoisotopic (exact) mass is 312 g/mol. The van der Waals surface area contributed by atoms with Crippen molar-refractivity contribution in [2.24, 2.45) is 0 Å². The molecule has 0 bridgehead atoms. The zero-order valence-corrected chi connectivity index (χ0v) is 12.4. The molecule has 1 atom stereocenters. The third kappa shape index (κ3) is 5.55. The van der Waals surface area contributed by atoms with Gasteiger partial charge in [0.1, 0.15) is 6.04 Å². The Hall–Kier alpha value is -2.38. The first-order chi connectivity index (χ1) is 10.5. The number of ether oxygens (including phenoxy) is 1. The molecule has 22 heavy (non-hydrogen) atoms. The maximum absolute atomic E-state index is 11.9. The van der Waals surface area contributed by atoms with Crippen molar-refractivity contribution in [3.05, 3.63) is 12.2 Å². The minimum atomic E-state index is -1.26. The lowest BCUT2D eigenvalue weighted by Crippen LogP contribution is -2.57. The topological polar surface area (TPSA) is 113 Å². The zero-order valence-electron chi connectivity index (χ0n) is 12.4. The van der Waals surface area contributed by atoms with Crippen molar-refractivity contribution >= 4 is 23.8 Å². The van der Waals surface area contributed by atoms with Crippen molar-refractivity contribution in [3.63, 3.8) is 0 Å². The van der Waals surface area contributed by atoms with Gasteiger partial charge in [-0.25, -0.2) is 4.79 Å². The van der Waals surface area contributed by atoms with Crippen molar-refractivity contribution in [2.75, 3.05) is 19.7 Å². The highest BCUT2D eigenvalue weighted by molar-refractivity contribution is 5.98. The van der Waals surface area contributed by atoms with Gasteiger partial charge in [0.05, 0.1) is 13.0 Å². The number of carboxylic acids is 1. The number of unbranched alkanes of at least 4 members (excludes halogenated alkanes) is 1. The minimum absolute atomic E-state index is 0.210. The summed E-state index contributed by atoms with van der Waals surface area (Å²) >= 11 is 0. The molecule has 0 aliphatic carbocycles. The molecule has 2 N–H and O–H groups in total. The smallest absolute Gasteiger partial charge is 0.328 e. The Morgan fingerprint density at radius 3 is 2.77 bits per heavy atom. The van der Waals surface area contributed by atoms with E-state index in [9.17, 15) is 19.2 Å². The Balaban J connectivity index is 2.68. The van der Waals surface area contributed by atoms with E-state index < -0.39 is 29.8 Å². The fourth-order valence-corrected chi connectivity index (χ4v) is 1.97. The largest absolute Gasteiger partial charge is 0.478 e. The van der Waals surface area contributed by atoms with Crippen LogP contribution in [0.2, 0.25) is 0 Å². The first-order valence-corrected chi connectivity index (χ1v) is 7.10. The van der Waals surface area contributed by atoms with E-state index in [-0.39, 0.29) is 26.1 Å². The predicted octanol–water partition coefficient (Wildman–Crippen LogP) is -0.312. The number of nitrogens with one attached hydrogen (secondary N) is 1. The maximum Gasteiger partial charge on any atom is 0.328 e. The number of esters is 1. The van der Waals surface area contributed by atoms with E-state index in [4.69, 9.17) is 9.84 Å². The molecule has 1 rings (SSSR count). The van der Waals surface area contributed by atoms with E-state index in [0.29, 0.717) is 6.08 Å². The summed E-state index contributed by atoms with van der Waals surface area (Å²) < 4.78 is 4.99. The molecule has 0 spiro atoms. The molecular formula is C14H20N2O6. The number of piperazine rings is 1. The van der Waals surface area contributed by atoms with E-state index in [2.05, 4.69) is 5.32 Å². The van der Waals surface area contributed by atoms with Crippen LogP contribution in [-0.2, 0) is 23.9 Å². The highest BCUT2D eigenvalue weighted by Gasteiger charge is 2.34. The Kier molecular flexibility index (Phi) is 7.07. The Bertz CT molecular complexity index is 474. The van der Waals surface area contributed by atoms with Gasteiger partial charge in [-0.3, -0.25) is 14.4 Å². The van der Waals surface area contributed by atoms with Gasteiger partial charge in [-0.1, -0.05) is 13.3 Å². The lowest BCUT2D eigenvalue weighted by molar-refractivity contribution is -0.150. The minimum Gasteiger partial charge on any atom is -0.478 e. The second kappa shape index (κ2) is 8.81. The molecule has 1 unspecified atom stereocenters. The van der Waals surface area contributed by atoms with Crippen LogP contribution in [0.5, 0.6) is 0 Å². The van der Waals surface area contributed by atoms with Gasteiger partial charge in [0, 0.05) is 25.2 Å². The zero-order chi connectivity index (χ0) is 16.5. The summed E-state index contributed by atoms with van der Waals surface area (Å²) in [5.74, 6) is -2.89. The first kappa shape index (κ1) is 17.7. The normalized spacial score (nSPS) is 18.1. The summed E-state index contributed by atoms with van der Waals surface area (Å²) in [7, 11) is 0. The SMILES string of the molecule is CCCCOC(=O)CC1C(=O)NCCN1C(=O)/C=C/C(=O)O. The number of nitrogens with zero attached hydrogens (tertiary/aromatic N) is 1. The van der Waals surface area contributed by atoms with Crippen molar-refractivity contribution in [2.45, 2.75) is 32.2 Å². The Morgan fingerprint density at radius 2 is 2.14 bits per heavy atom. The third-order valence-electron chi connectivity index (χ3n) is 3.10.